The summed E-state index contributed by atoms with van der Waals surface area (Å²) < 4.78 is 3.19. The molecule has 118 valence electrons. The van der Waals surface area contributed by atoms with E-state index in [1.807, 2.05) is 13.1 Å². The minimum Gasteiger partial charge on any atom is -0.358 e. The van der Waals surface area contributed by atoms with E-state index < -0.39 is 4.92 Å². The fourth-order valence-corrected chi connectivity index (χ4v) is 2.09. The van der Waals surface area contributed by atoms with Crippen LogP contribution in [0.3, 0.4) is 0 Å². The van der Waals surface area contributed by atoms with Gasteiger partial charge in [0.25, 0.3) is 0 Å². The third-order valence-corrected chi connectivity index (χ3v) is 3.44. The van der Waals surface area contributed by atoms with Gasteiger partial charge in [-0.2, -0.15) is 9.78 Å². The number of aryl methyl sites for hydroxylation is 3. The fraction of sp³-hybridized carbons (Fsp3) is 0.462. The lowest BCUT2D eigenvalue weighted by molar-refractivity contribution is -0.389. The molecule has 0 unspecified atom stereocenters. The highest BCUT2D eigenvalue weighted by Gasteiger charge is 2.17. The molecule has 9 heteroatoms. The summed E-state index contributed by atoms with van der Waals surface area (Å²) in [5.74, 6) is -0.257. The summed E-state index contributed by atoms with van der Waals surface area (Å²) in [4.78, 5) is 23.9. The zero-order chi connectivity index (χ0) is 16.3. The summed E-state index contributed by atoms with van der Waals surface area (Å²) >= 11 is 0. The number of nitrogens with zero attached hydrogens (tertiary/aromatic N) is 6. The molecule has 22 heavy (non-hydrogen) atoms. The number of hydrogen-bond acceptors (Lipinski definition) is 5. The molecule has 0 saturated carbocycles. The second kappa shape index (κ2) is 6.37. The van der Waals surface area contributed by atoms with E-state index in [0.717, 1.165) is 5.69 Å². The normalized spacial score (nSPS) is 10.7. The first kappa shape index (κ1) is 15.7. The summed E-state index contributed by atoms with van der Waals surface area (Å²) in [5.41, 5.74) is 1.59. The molecule has 2 aromatic rings. The maximum atomic E-state index is 12.1. The van der Waals surface area contributed by atoms with Gasteiger partial charge in [-0.3, -0.25) is 9.48 Å². The third kappa shape index (κ3) is 3.48. The quantitative estimate of drug-likeness (QED) is 0.582. The van der Waals surface area contributed by atoms with Crippen molar-refractivity contribution in [3.63, 3.8) is 0 Å². The predicted octanol–water partition coefficient (Wildman–Crippen LogP) is 0.882. The first-order valence-corrected chi connectivity index (χ1v) is 6.78. The van der Waals surface area contributed by atoms with Crippen molar-refractivity contribution in [1.82, 2.24) is 24.5 Å². The van der Waals surface area contributed by atoms with Gasteiger partial charge < -0.3 is 15.0 Å². The standard InChI is InChI=1S/C13H18N6O3/c1-10-8-12(19(21)22)15-18(10)7-5-13(20)16(2)9-11-4-6-14-17(11)3/h4,6,8H,5,7,9H2,1-3H3. The average Bonchev–Trinajstić information content (AvgIpc) is 3.03. The molecule has 2 rings (SSSR count). The van der Waals surface area contributed by atoms with Gasteiger partial charge in [0.05, 0.1) is 35.6 Å². The van der Waals surface area contributed by atoms with Crippen molar-refractivity contribution in [3.8, 4) is 0 Å². The third-order valence-electron chi connectivity index (χ3n) is 3.44. The molecule has 0 spiro atoms. The Morgan fingerprint density at radius 1 is 1.50 bits per heavy atom. The van der Waals surface area contributed by atoms with Crippen LogP contribution in [0.25, 0.3) is 0 Å². The number of carbonyl (C=O) groups is 1. The number of aromatic nitrogens is 4. The molecule has 0 radical (unpaired) electrons. The van der Waals surface area contributed by atoms with Gasteiger partial charge in [0.15, 0.2) is 0 Å². The van der Waals surface area contributed by atoms with E-state index in [1.54, 1.807) is 29.7 Å². The molecule has 2 heterocycles. The molecule has 2 aromatic heterocycles. The van der Waals surface area contributed by atoms with Gasteiger partial charge >= 0.3 is 5.82 Å². The first-order chi connectivity index (χ1) is 10.4. The highest BCUT2D eigenvalue weighted by Crippen LogP contribution is 2.12. The number of carbonyl (C=O) groups excluding carboxylic acids is 1. The van der Waals surface area contributed by atoms with Crippen LogP contribution in [-0.4, -0.2) is 42.3 Å². The largest absolute Gasteiger partial charge is 0.390 e. The second-order valence-corrected chi connectivity index (χ2v) is 5.07. The smallest absolute Gasteiger partial charge is 0.358 e. The Morgan fingerprint density at radius 2 is 2.23 bits per heavy atom. The van der Waals surface area contributed by atoms with Gasteiger partial charge in [0, 0.05) is 26.7 Å². The molecule has 0 saturated heterocycles. The molecule has 0 fully saturated rings. The predicted molar refractivity (Wildman–Crippen MR) is 77.9 cm³/mol. The number of nitro groups is 1. The van der Waals surface area contributed by atoms with Gasteiger partial charge in [-0.1, -0.05) is 0 Å². The second-order valence-electron chi connectivity index (χ2n) is 5.07. The van der Waals surface area contributed by atoms with Crippen LogP contribution in [0.5, 0.6) is 0 Å². The minimum atomic E-state index is -0.542. The molecule has 0 bridgehead atoms. The topological polar surface area (TPSA) is 99.1 Å². The Hall–Kier alpha value is -2.71. The molecule has 9 nitrogen and oxygen atoms in total. The Balaban J connectivity index is 1.92. The maximum Gasteiger partial charge on any atom is 0.390 e. The van der Waals surface area contributed by atoms with Crippen molar-refractivity contribution in [2.24, 2.45) is 7.05 Å². The van der Waals surface area contributed by atoms with Crippen molar-refractivity contribution < 1.29 is 9.72 Å². The van der Waals surface area contributed by atoms with Crippen LogP contribution in [0, 0.1) is 17.0 Å². The van der Waals surface area contributed by atoms with E-state index >= 15 is 0 Å². The van der Waals surface area contributed by atoms with Crippen molar-refractivity contribution in [2.45, 2.75) is 26.4 Å². The maximum absolute atomic E-state index is 12.1. The van der Waals surface area contributed by atoms with E-state index in [9.17, 15) is 14.9 Å². The highest BCUT2D eigenvalue weighted by molar-refractivity contribution is 5.75. The fourth-order valence-electron chi connectivity index (χ4n) is 2.09. The van der Waals surface area contributed by atoms with Crippen LogP contribution >= 0.6 is 0 Å². The van der Waals surface area contributed by atoms with Gasteiger partial charge in [0.1, 0.15) is 0 Å². The first-order valence-electron chi connectivity index (χ1n) is 6.78. The zero-order valence-corrected chi connectivity index (χ0v) is 12.8. The van der Waals surface area contributed by atoms with Gasteiger partial charge in [-0.15, -0.1) is 0 Å². The SMILES string of the molecule is Cc1cc([N+](=O)[O-])nn1CCC(=O)N(C)Cc1ccnn1C. The molecule has 0 aliphatic rings. The molecular formula is C13H18N6O3. The van der Waals surface area contributed by atoms with Gasteiger partial charge in [-0.25, -0.2) is 0 Å². The van der Waals surface area contributed by atoms with Crippen LogP contribution in [0.15, 0.2) is 18.3 Å². The molecular weight excluding hydrogens is 288 g/mol. The number of hydrogen-bond donors (Lipinski definition) is 0. The summed E-state index contributed by atoms with van der Waals surface area (Å²) in [7, 11) is 3.54. The van der Waals surface area contributed by atoms with Crippen molar-refractivity contribution in [2.75, 3.05) is 7.05 Å². The van der Waals surface area contributed by atoms with Crippen LogP contribution in [-0.2, 0) is 24.9 Å². The highest BCUT2D eigenvalue weighted by atomic mass is 16.6. The van der Waals surface area contributed by atoms with Crippen molar-refractivity contribution in [3.05, 3.63) is 39.8 Å². The minimum absolute atomic E-state index is 0.0567. The molecule has 0 atom stereocenters. The zero-order valence-electron chi connectivity index (χ0n) is 12.8. The molecule has 0 N–H and O–H groups in total. The molecule has 0 aromatic carbocycles. The Kier molecular flexibility index (Phi) is 4.54. The van der Waals surface area contributed by atoms with Gasteiger partial charge in [-0.05, 0) is 17.9 Å². The van der Waals surface area contributed by atoms with E-state index in [2.05, 4.69) is 10.2 Å². The van der Waals surface area contributed by atoms with Gasteiger partial charge in [0.2, 0.25) is 5.91 Å². The molecule has 0 aliphatic carbocycles. The van der Waals surface area contributed by atoms with E-state index in [0.29, 0.717) is 18.8 Å². The summed E-state index contributed by atoms with van der Waals surface area (Å²) in [6.45, 7) is 2.51. The number of rotatable bonds is 6. The molecule has 1 amide bonds. The summed E-state index contributed by atoms with van der Waals surface area (Å²) in [5, 5.41) is 18.6. The summed E-state index contributed by atoms with van der Waals surface area (Å²) in [6, 6.07) is 3.24. The monoisotopic (exact) mass is 306 g/mol. The molecule has 0 aliphatic heterocycles. The van der Waals surface area contributed by atoms with Crippen LogP contribution in [0.4, 0.5) is 5.82 Å². The summed E-state index contributed by atoms with van der Waals surface area (Å²) in [6.07, 6.45) is 1.91. The van der Waals surface area contributed by atoms with Crippen molar-refractivity contribution >= 4 is 11.7 Å². The lowest BCUT2D eigenvalue weighted by Gasteiger charge is -2.17. The van der Waals surface area contributed by atoms with Crippen LogP contribution < -0.4 is 0 Å². The lowest BCUT2D eigenvalue weighted by Crippen LogP contribution is -2.28. The van der Waals surface area contributed by atoms with E-state index in [4.69, 9.17) is 0 Å². The Bertz CT molecular complexity index is 690. The lowest BCUT2D eigenvalue weighted by atomic mass is 10.3. The van der Waals surface area contributed by atoms with E-state index in [1.165, 1.54) is 10.7 Å². The van der Waals surface area contributed by atoms with Crippen LogP contribution in [0.1, 0.15) is 17.8 Å². The van der Waals surface area contributed by atoms with E-state index in [-0.39, 0.29) is 18.1 Å². The Labute approximate surface area is 127 Å². The van der Waals surface area contributed by atoms with Crippen molar-refractivity contribution in [1.29, 1.82) is 0 Å². The Morgan fingerprint density at radius 3 is 2.77 bits per heavy atom. The number of amides is 1. The van der Waals surface area contributed by atoms with Crippen LogP contribution in [0.2, 0.25) is 0 Å². The average molecular weight is 306 g/mol.